The lowest BCUT2D eigenvalue weighted by Gasteiger charge is -2.28. The molecular weight excluding hydrogens is 292 g/mol. The molecule has 4 heteroatoms. The van der Waals surface area contributed by atoms with Crippen LogP contribution in [0, 0.1) is 17.3 Å². The molecule has 1 saturated carbocycles. The SMILES string of the molecule is C.CCC(C)(C)C(=O)C(C)=O.CCC1CCCCC1C(=O)OC. The van der Waals surface area contributed by atoms with E-state index in [1.54, 1.807) is 13.8 Å². The molecule has 0 heterocycles. The molecule has 0 aromatic carbocycles. The topological polar surface area (TPSA) is 60.4 Å². The molecule has 1 rings (SSSR count). The number of rotatable bonds is 5. The number of esters is 1. The Bertz CT molecular complexity index is 385. The average molecular weight is 328 g/mol. The van der Waals surface area contributed by atoms with Gasteiger partial charge in [-0.1, -0.05) is 54.4 Å². The molecule has 0 aromatic rings. The van der Waals surface area contributed by atoms with E-state index >= 15 is 0 Å². The maximum atomic E-state index is 11.3. The highest BCUT2D eigenvalue weighted by molar-refractivity contribution is 6.38. The molecule has 0 aromatic heterocycles. The third kappa shape index (κ3) is 7.76. The molecule has 1 fully saturated rings. The monoisotopic (exact) mass is 328 g/mol. The first kappa shape index (κ1) is 24.1. The lowest BCUT2D eigenvalue weighted by atomic mass is 9.78. The van der Waals surface area contributed by atoms with E-state index in [1.165, 1.54) is 33.3 Å². The van der Waals surface area contributed by atoms with E-state index in [4.69, 9.17) is 4.74 Å². The highest BCUT2D eigenvalue weighted by atomic mass is 16.5. The summed E-state index contributed by atoms with van der Waals surface area (Å²) in [7, 11) is 1.49. The van der Waals surface area contributed by atoms with Crippen molar-refractivity contribution in [1.29, 1.82) is 0 Å². The van der Waals surface area contributed by atoms with Crippen LogP contribution in [-0.4, -0.2) is 24.6 Å². The minimum atomic E-state index is -0.466. The van der Waals surface area contributed by atoms with Crippen molar-refractivity contribution in [3.63, 3.8) is 0 Å². The van der Waals surface area contributed by atoms with Crippen molar-refractivity contribution in [1.82, 2.24) is 0 Å². The Kier molecular flexibility index (Phi) is 11.9. The van der Waals surface area contributed by atoms with Crippen molar-refractivity contribution in [2.45, 2.75) is 80.6 Å². The van der Waals surface area contributed by atoms with Gasteiger partial charge in [-0.2, -0.15) is 0 Å². The fraction of sp³-hybridized carbons (Fsp3) is 0.842. The normalized spacial score (nSPS) is 20.4. The summed E-state index contributed by atoms with van der Waals surface area (Å²) < 4.78 is 4.78. The van der Waals surface area contributed by atoms with Gasteiger partial charge in [0.05, 0.1) is 13.0 Å². The van der Waals surface area contributed by atoms with Crippen LogP contribution in [0.15, 0.2) is 0 Å². The van der Waals surface area contributed by atoms with E-state index in [0.29, 0.717) is 12.3 Å². The molecule has 4 nitrogen and oxygen atoms in total. The zero-order valence-corrected chi connectivity index (χ0v) is 15.0. The summed E-state index contributed by atoms with van der Waals surface area (Å²) in [4.78, 5) is 33.0. The fourth-order valence-corrected chi connectivity index (χ4v) is 2.80. The van der Waals surface area contributed by atoms with Crippen LogP contribution < -0.4 is 0 Å². The number of carbonyl (C=O) groups excluding carboxylic acids is 3. The first-order chi connectivity index (χ1) is 10.2. The second-order valence-corrected chi connectivity index (χ2v) is 6.71. The third-order valence-electron chi connectivity index (χ3n) is 4.76. The second-order valence-electron chi connectivity index (χ2n) is 6.71. The van der Waals surface area contributed by atoms with Crippen molar-refractivity contribution < 1.29 is 19.1 Å². The van der Waals surface area contributed by atoms with Gasteiger partial charge >= 0.3 is 5.97 Å². The summed E-state index contributed by atoms with van der Waals surface area (Å²) in [6.45, 7) is 8.96. The lowest BCUT2D eigenvalue weighted by Crippen LogP contribution is -2.28. The van der Waals surface area contributed by atoms with Gasteiger partial charge in [0.25, 0.3) is 0 Å². The van der Waals surface area contributed by atoms with E-state index in [2.05, 4.69) is 6.92 Å². The largest absolute Gasteiger partial charge is 0.469 e. The number of ketones is 2. The Morgan fingerprint density at radius 3 is 1.96 bits per heavy atom. The number of methoxy groups -OCH3 is 1. The van der Waals surface area contributed by atoms with Crippen molar-refractivity contribution >= 4 is 17.5 Å². The van der Waals surface area contributed by atoms with Crippen LogP contribution in [0.1, 0.15) is 80.6 Å². The lowest BCUT2D eigenvalue weighted by molar-refractivity contribution is -0.148. The quantitative estimate of drug-likeness (QED) is 0.547. The van der Waals surface area contributed by atoms with Crippen LogP contribution in [-0.2, 0) is 19.1 Å². The minimum Gasteiger partial charge on any atom is -0.469 e. The summed E-state index contributed by atoms with van der Waals surface area (Å²) in [6.07, 6.45) is 6.54. The maximum absolute atomic E-state index is 11.3. The van der Waals surface area contributed by atoms with Gasteiger partial charge in [0.2, 0.25) is 5.78 Å². The van der Waals surface area contributed by atoms with Crippen LogP contribution in [0.3, 0.4) is 0 Å². The second kappa shape index (κ2) is 11.4. The third-order valence-corrected chi connectivity index (χ3v) is 4.76. The van der Waals surface area contributed by atoms with E-state index in [9.17, 15) is 14.4 Å². The number of ether oxygens (including phenoxy) is 1. The Morgan fingerprint density at radius 2 is 1.61 bits per heavy atom. The Hall–Kier alpha value is -1.19. The molecule has 0 bridgehead atoms. The summed E-state index contributed by atoms with van der Waals surface area (Å²) >= 11 is 0. The van der Waals surface area contributed by atoms with Crippen molar-refractivity contribution in [2.24, 2.45) is 17.3 Å². The minimum absolute atomic E-state index is 0. The van der Waals surface area contributed by atoms with Crippen molar-refractivity contribution in [2.75, 3.05) is 7.11 Å². The number of hydrogen-bond acceptors (Lipinski definition) is 4. The predicted octanol–water partition coefficient (Wildman–Crippen LogP) is 4.59. The molecule has 0 amide bonds. The van der Waals surface area contributed by atoms with E-state index in [-0.39, 0.29) is 30.9 Å². The first-order valence-corrected chi connectivity index (χ1v) is 8.34. The van der Waals surface area contributed by atoms with Gasteiger partial charge < -0.3 is 4.74 Å². The number of hydrogen-bond donors (Lipinski definition) is 0. The first-order valence-electron chi connectivity index (χ1n) is 8.34. The highest BCUT2D eigenvalue weighted by Gasteiger charge is 2.30. The molecule has 2 unspecified atom stereocenters. The van der Waals surface area contributed by atoms with Gasteiger partial charge in [-0.05, 0) is 25.2 Å². The molecule has 1 aliphatic rings. The van der Waals surface area contributed by atoms with E-state index in [1.807, 2.05) is 6.92 Å². The van der Waals surface area contributed by atoms with Gasteiger partial charge in [-0.3, -0.25) is 14.4 Å². The van der Waals surface area contributed by atoms with Crippen molar-refractivity contribution in [3.05, 3.63) is 0 Å². The Balaban J connectivity index is 0. The van der Waals surface area contributed by atoms with Crippen LogP contribution >= 0.6 is 0 Å². The molecule has 2 atom stereocenters. The summed E-state index contributed by atoms with van der Waals surface area (Å²) in [5.74, 6) is 0.156. The molecule has 0 saturated heterocycles. The van der Waals surface area contributed by atoms with Gasteiger partial charge in [0, 0.05) is 12.3 Å². The van der Waals surface area contributed by atoms with Crippen LogP contribution in [0.5, 0.6) is 0 Å². The maximum Gasteiger partial charge on any atom is 0.308 e. The molecule has 23 heavy (non-hydrogen) atoms. The van der Waals surface area contributed by atoms with Gasteiger partial charge in [0.15, 0.2) is 5.78 Å². The summed E-state index contributed by atoms with van der Waals surface area (Å²) in [6, 6.07) is 0. The summed E-state index contributed by atoms with van der Waals surface area (Å²) in [5, 5.41) is 0. The molecule has 1 aliphatic carbocycles. The number of carbonyl (C=O) groups is 3. The predicted molar refractivity (Wildman–Crippen MR) is 94.2 cm³/mol. The Labute approximate surface area is 142 Å². The van der Waals surface area contributed by atoms with Crippen LogP contribution in [0.4, 0.5) is 0 Å². The molecule has 136 valence electrons. The molecule has 0 spiro atoms. The average Bonchev–Trinajstić information content (AvgIpc) is 2.53. The fourth-order valence-electron chi connectivity index (χ4n) is 2.80. The van der Waals surface area contributed by atoms with Gasteiger partial charge in [0.1, 0.15) is 0 Å². The van der Waals surface area contributed by atoms with E-state index < -0.39 is 5.41 Å². The van der Waals surface area contributed by atoms with Crippen molar-refractivity contribution in [3.8, 4) is 0 Å². The summed E-state index contributed by atoms with van der Waals surface area (Å²) in [5.41, 5.74) is -0.466. The number of Topliss-reactive ketones (excluding diaryl/α,β-unsaturated/α-hetero) is 2. The zero-order chi connectivity index (χ0) is 17.3. The Morgan fingerprint density at radius 1 is 1.09 bits per heavy atom. The smallest absolute Gasteiger partial charge is 0.308 e. The molecular formula is C19H36O4. The molecule has 0 aliphatic heterocycles. The zero-order valence-electron chi connectivity index (χ0n) is 15.0. The molecule has 0 N–H and O–H groups in total. The van der Waals surface area contributed by atoms with Crippen LogP contribution in [0.2, 0.25) is 0 Å². The molecule has 0 radical (unpaired) electrons. The standard InChI is InChI=1S/C10H18O2.C8H14O2.CH4/c1-3-8-6-4-5-7-9(8)10(11)12-2;1-5-8(3,4)7(10)6(2)9;/h8-9H,3-7H2,1-2H3;5H2,1-4H3;1H4. The van der Waals surface area contributed by atoms with Gasteiger partial charge in [-0.25, -0.2) is 0 Å². The van der Waals surface area contributed by atoms with Crippen LogP contribution in [0.25, 0.3) is 0 Å². The van der Waals surface area contributed by atoms with Gasteiger partial charge in [-0.15, -0.1) is 0 Å². The highest BCUT2D eigenvalue weighted by Crippen LogP contribution is 2.32. The van der Waals surface area contributed by atoms with E-state index in [0.717, 1.165) is 12.8 Å².